The van der Waals surface area contributed by atoms with E-state index in [1.165, 1.54) is 0 Å². The van der Waals surface area contributed by atoms with E-state index in [0.717, 1.165) is 6.54 Å². The fraction of sp³-hybridized carbons (Fsp3) is 1.00. The second-order valence-electron chi connectivity index (χ2n) is 4.56. The van der Waals surface area contributed by atoms with Gasteiger partial charge in [0.15, 0.2) is 0 Å². The molecule has 68 valence electrons. The summed E-state index contributed by atoms with van der Waals surface area (Å²) in [5.41, 5.74) is 0.232. The first kappa shape index (κ1) is 10.9. The van der Waals surface area contributed by atoms with Crippen molar-refractivity contribution in [1.29, 1.82) is 0 Å². The highest BCUT2D eigenvalue weighted by Crippen LogP contribution is 2.00. The van der Waals surface area contributed by atoms with E-state index in [9.17, 15) is 0 Å². The molecule has 0 saturated carbocycles. The number of nitrogens with one attached hydrogen (secondary N) is 1. The lowest BCUT2D eigenvalue weighted by atomic mass is 10.1. The van der Waals surface area contributed by atoms with Crippen molar-refractivity contribution >= 4 is 0 Å². The molecule has 0 radical (unpaired) electrons. The average Bonchev–Trinajstić information content (AvgIpc) is 1.53. The van der Waals surface area contributed by atoms with Gasteiger partial charge in [0, 0.05) is 18.1 Å². The van der Waals surface area contributed by atoms with Gasteiger partial charge in [-0.3, -0.25) is 0 Å². The molecule has 0 aromatic carbocycles. The number of rotatable bonds is 3. The van der Waals surface area contributed by atoms with E-state index < -0.39 is 0 Å². The monoisotopic (exact) mass is 158 g/mol. The molecule has 1 N–H and O–H groups in total. The van der Waals surface area contributed by atoms with Crippen LogP contribution in [0.15, 0.2) is 0 Å². The number of nitrogens with zero attached hydrogens (tertiary/aromatic N) is 1. The van der Waals surface area contributed by atoms with E-state index in [2.05, 4.69) is 52.0 Å². The second-order valence-corrected chi connectivity index (χ2v) is 4.56. The van der Waals surface area contributed by atoms with Crippen LogP contribution in [0, 0.1) is 0 Å². The first-order valence-corrected chi connectivity index (χ1v) is 4.23. The number of hydrogen-bond acceptors (Lipinski definition) is 2. The lowest BCUT2D eigenvalue weighted by molar-refractivity contribution is 0.298. The van der Waals surface area contributed by atoms with E-state index in [1.807, 2.05) is 0 Å². The lowest BCUT2D eigenvalue weighted by Crippen LogP contribution is -2.46. The van der Waals surface area contributed by atoms with Gasteiger partial charge in [0.05, 0.1) is 0 Å². The minimum Gasteiger partial charge on any atom is -0.308 e. The van der Waals surface area contributed by atoms with E-state index in [4.69, 9.17) is 0 Å². The van der Waals surface area contributed by atoms with Gasteiger partial charge in [0.2, 0.25) is 0 Å². The predicted octanol–water partition coefficient (Wildman–Crippen LogP) is 1.32. The molecule has 0 aromatic rings. The molecule has 0 aliphatic heterocycles. The second kappa shape index (κ2) is 4.07. The van der Waals surface area contributed by atoms with Crippen molar-refractivity contribution in [2.75, 3.05) is 20.6 Å². The number of likely N-dealkylation sites (N-methyl/N-ethyl adjacent to an activating group) is 1. The van der Waals surface area contributed by atoms with Gasteiger partial charge in [-0.05, 0) is 41.8 Å². The molecule has 0 bridgehead atoms. The quantitative estimate of drug-likeness (QED) is 0.666. The normalized spacial score (nSPS) is 15.5. The average molecular weight is 158 g/mol. The van der Waals surface area contributed by atoms with E-state index in [1.54, 1.807) is 0 Å². The van der Waals surface area contributed by atoms with Crippen molar-refractivity contribution in [1.82, 2.24) is 10.2 Å². The van der Waals surface area contributed by atoms with Crippen LogP contribution in [0.25, 0.3) is 0 Å². The summed E-state index contributed by atoms with van der Waals surface area (Å²) in [5.74, 6) is 0. The Hall–Kier alpha value is -0.0800. The van der Waals surface area contributed by atoms with Crippen molar-refractivity contribution in [3.8, 4) is 0 Å². The zero-order valence-corrected chi connectivity index (χ0v) is 8.73. The Morgan fingerprint density at radius 2 is 1.73 bits per heavy atom. The molecular weight excluding hydrogens is 136 g/mol. The van der Waals surface area contributed by atoms with Crippen LogP contribution in [0.1, 0.15) is 27.7 Å². The summed E-state index contributed by atoms with van der Waals surface area (Å²) < 4.78 is 0. The van der Waals surface area contributed by atoms with Gasteiger partial charge in [-0.1, -0.05) is 0 Å². The summed E-state index contributed by atoms with van der Waals surface area (Å²) in [4.78, 5) is 2.20. The molecule has 0 aliphatic carbocycles. The summed E-state index contributed by atoms with van der Waals surface area (Å²) in [6.45, 7) is 9.89. The van der Waals surface area contributed by atoms with Gasteiger partial charge < -0.3 is 10.2 Å². The summed E-state index contributed by atoms with van der Waals surface area (Å²) >= 11 is 0. The zero-order chi connectivity index (χ0) is 9.07. The third kappa shape index (κ3) is 7.82. The maximum Gasteiger partial charge on any atom is 0.0171 e. The van der Waals surface area contributed by atoms with Crippen molar-refractivity contribution in [3.63, 3.8) is 0 Å². The Morgan fingerprint density at radius 1 is 1.27 bits per heavy atom. The maximum atomic E-state index is 3.51. The predicted molar refractivity (Wildman–Crippen MR) is 50.9 cm³/mol. The Labute approximate surface area is 71.0 Å². The Kier molecular flexibility index (Phi) is 4.04. The van der Waals surface area contributed by atoms with Gasteiger partial charge in [0.25, 0.3) is 0 Å². The molecule has 0 heterocycles. The van der Waals surface area contributed by atoms with Crippen molar-refractivity contribution in [2.24, 2.45) is 0 Å². The molecule has 11 heavy (non-hydrogen) atoms. The van der Waals surface area contributed by atoms with Crippen molar-refractivity contribution in [2.45, 2.75) is 39.3 Å². The molecule has 0 unspecified atom stereocenters. The molecular formula is C9H22N2. The van der Waals surface area contributed by atoms with Gasteiger partial charge in [-0.2, -0.15) is 0 Å². The largest absolute Gasteiger partial charge is 0.308 e. The summed E-state index contributed by atoms with van der Waals surface area (Å²) in [6, 6.07) is 0.560. The Morgan fingerprint density at radius 3 is 2.00 bits per heavy atom. The molecule has 0 aromatic heterocycles. The minimum atomic E-state index is 0.232. The van der Waals surface area contributed by atoms with Gasteiger partial charge in [-0.15, -0.1) is 0 Å². The van der Waals surface area contributed by atoms with Crippen LogP contribution in [-0.2, 0) is 0 Å². The highest BCUT2D eigenvalue weighted by molar-refractivity contribution is 4.76. The molecule has 0 spiro atoms. The van der Waals surface area contributed by atoms with Crippen LogP contribution in [0.5, 0.6) is 0 Å². The molecule has 0 rings (SSSR count). The van der Waals surface area contributed by atoms with Crippen LogP contribution in [0.4, 0.5) is 0 Å². The summed E-state index contributed by atoms with van der Waals surface area (Å²) in [7, 11) is 4.20. The minimum absolute atomic E-state index is 0.232. The van der Waals surface area contributed by atoms with Crippen molar-refractivity contribution < 1.29 is 0 Å². The van der Waals surface area contributed by atoms with Gasteiger partial charge in [-0.25, -0.2) is 0 Å². The highest BCUT2D eigenvalue weighted by atomic mass is 15.1. The van der Waals surface area contributed by atoms with Crippen molar-refractivity contribution in [3.05, 3.63) is 0 Å². The standard InChI is InChI=1S/C9H22N2/c1-8(7-11(5)6)10-9(2,3)4/h8,10H,7H2,1-6H3/t8-/m1/s1. The number of hydrogen-bond donors (Lipinski definition) is 1. The molecule has 0 saturated heterocycles. The highest BCUT2D eigenvalue weighted by Gasteiger charge is 2.13. The Balaban J connectivity index is 3.61. The van der Waals surface area contributed by atoms with Crippen LogP contribution in [0.3, 0.4) is 0 Å². The van der Waals surface area contributed by atoms with Crippen LogP contribution >= 0.6 is 0 Å². The molecule has 0 amide bonds. The van der Waals surface area contributed by atoms with Crippen LogP contribution < -0.4 is 5.32 Å². The van der Waals surface area contributed by atoms with Crippen LogP contribution in [-0.4, -0.2) is 37.1 Å². The summed E-state index contributed by atoms with van der Waals surface area (Å²) in [5, 5.41) is 3.51. The molecule has 1 atom stereocenters. The van der Waals surface area contributed by atoms with Crippen LogP contribution in [0.2, 0.25) is 0 Å². The first-order valence-electron chi connectivity index (χ1n) is 4.23. The first-order chi connectivity index (χ1) is 4.81. The molecule has 2 heteroatoms. The van der Waals surface area contributed by atoms with E-state index in [0.29, 0.717) is 6.04 Å². The summed E-state index contributed by atoms with van der Waals surface area (Å²) in [6.07, 6.45) is 0. The fourth-order valence-electron chi connectivity index (χ4n) is 1.33. The van der Waals surface area contributed by atoms with Gasteiger partial charge >= 0.3 is 0 Å². The maximum absolute atomic E-state index is 3.51. The topological polar surface area (TPSA) is 15.3 Å². The third-order valence-electron chi connectivity index (χ3n) is 1.32. The van der Waals surface area contributed by atoms with Gasteiger partial charge in [0.1, 0.15) is 0 Å². The zero-order valence-electron chi connectivity index (χ0n) is 8.73. The molecule has 2 nitrogen and oxygen atoms in total. The lowest BCUT2D eigenvalue weighted by Gasteiger charge is -2.27. The molecule has 0 fully saturated rings. The SMILES string of the molecule is C[C@H](CN(C)C)NC(C)(C)C. The Bertz CT molecular complexity index is 103. The smallest absolute Gasteiger partial charge is 0.0171 e. The van der Waals surface area contributed by atoms with E-state index in [-0.39, 0.29) is 5.54 Å². The molecule has 0 aliphatic rings. The fourth-order valence-corrected chi connectivity index (χ4v) is 1.33. The third-order valence-corrected chi connectivity index (χ3v) is 1.32. The van der Waals surface area contributed by atoms with E-state index >= 15 is 0 Å².